The molecule has 3 fully saturated rings. The first-order valence-corrected chi connectivity index (χ1v) is 14.5. The average molecular weight is 522 g/mol. The predicted molar refractivity (Wildman–Crippen MR) is 154 cm³/mol. The van der Waals surface area contributed by atoms with Crippen LogP contribution in [0, 0.1) is 6.92 Å². The number of aryl methyl sites for hydroxylation is 1. The number of nitrogens with zero attached hydrogens (tertiary/aromatic N) is 5. The van der Waals surface area contributed by atoms with Crippen molar-refractivity contribution in [2.24, 2.45) is 0 Å². The topological polar surface area (TPSA) is 68.8 Å². The van der Waals surface area contributed by atoms with E-state index in [0.29, 0.717) is 12.0 Å². The zero-order chi connectivity index (χ0) is 25.6. The van der Waals surface area contributed by atoms with Gasteiger partial charge in [0.15, 0.2) is 0 Å². The standard InChI is InChI=1S/C28H39N7OS/c1-19-18-37-26-24(19)25(32-28(2)9-10-28)30-27(31-26)29-22-6-5-21(17-23(22)36-4)34-11-7-20(8-12-34)35-15-13-33(3)14-16-35/h5-6,17-18,20H,7-16H2,1-4H3,(H2,29,30,31,32). The Morgan fingerprint density at radius 1 is 1.05 bits per heavy atom. The molecule has 2 aliphatic heterocycles. The van der Waals surface area contributed by atoms with Crippen LogP contribution < -0.4 is 20.3 Å². The number of hydrogen-bond donors (Lipinski definition) is 2. The van der Waals surface area contributed by atoms with Crippen molar-refractivity contribution in [1.29, 1.82) is 0 Å². The van der Waals surface area contributed by atoms with E-state index in [1.807, 2.05) is 0 Å². The highest BCUT2D eigenvalue weighted by atomic mass is 32.1. The fraction of sp³-hybridized carbons (Fsp3) is 0.571. The molecule has 3 aromatic rings. The van der Waals surface area contributed by atoms with E-state index < -0.39 is 0 Å². The Balaban J connectivity index is 1.17. The van der Waals surface area contributed by atoms with E-state index in [9.17, 15) is 0 Å². The van der Waals surface area contributed by atoms with Gasteiger partial charge in [-0.15, -0.1) is 11.3 Å². The number of methoxy groups -OCH3 is 1. The molecule has 0 spiro atoms. The minimum Gasteiger partial charge on any atom is -0.494 e. The Kier molecular flexibility index (Phi) is 6.63. The Bertz CT molecular complexity index is 1260. The maximum absolute atomic E-state index is 5.82. The summed E-state index contributed by atoms with van der Waals surface area (Å²) in [7, 11) is 3.96. The number of piperidine rings is 1. The van der Waals surface area contributed by atoms with Gasteiger partial charge in [0.1, 0.15) is 16.4 Å². The number of fused-ring (bicyclic) bond motifs is 1. The van der Waals surface area contributed by atoms with Gasteiger partial charge in [0.05, 0.1) is 18.2 Å². The predicted octanol–water partition coefficient (Wildman–Crippen LogP) is 4.93. The molecule has 9 heteroatoms. The highest BCUT2D eigenvalue weighted by molar-refractivity contribution is 7.17. The average Bonchev–Trinajstić information content (AvgIpc) is 3.51. The fourth-order valence-electron chi connectivity index (χ4n) is 5.61. The first kappa shape index (κ1) is 24.7. The summed E-state index contributed by atoms with van der Waals surface area (Å²) in [5, 5.41) is 10.4. The van der Waals surface area contributed by atoms with Crippen molar-refractivity contribution in [3.05, 3.63) is 29.1 Å². The van der Waals surface area contributed by atoms with Crippen LogP contribution in [0.25, 0.3) is 10.2 Å². The van der Waals surface area contributed by atoms with E-state index in [0.717, 1.165) is 40.6 Å². The molecule has 37 heavy (non-hydrogen) atoms. The first-order valence-electron chi connectivity index (χ1n) is 13.6. The van der Waals surface area contributed by atoms with Crippen LogP contribution in [0.4, 0.5) is 23.1 Å². The minimum atomic E-state index is 0.143. The summed E-state index contributed by atoms with van der Waals surface area (Å²) in [6.45, 7) is 11.3. The summed E-state index contributed by atoms with van der Waals surface area (Å²) in [6, 6.07) is 7.15. The molecule has 0 radical (unpaired) electrons. The number of anilines is 4. The molecule has 1 saturated carbocycles. The Morgan fingerprint density at radius 3 is 2.51 bits per heavy atom. The number of thiophene rings is 1. The molecule has 1 aromatic carbocycles. The number of nitrogens with one attached hydrogen (secondary N) is 2. The van der Waals surface area contributed by atoms with E-state index in [2.05, 4.69) is 69.8 Å². The number of piperazine rings is 1. The molecule has 0 bridgehead atoms. The third-order valence-corrected chi connectivity index (χ3v) is 9.34. The SMILES string of the molecule is COc1cc(N2CCC(N3CCN(C)CC3)CC2)ccc1Nc1nc(NC2(C)CC2)c2c(C)csc2n1. The van der Waals surface area contributed by atoms with Crippen molar-refractivity contribution in [2.45, 2.75) is 51.1 Å². The van der Waals surface area contributed by atoms with Gasteiger partial charge in [-0.1, -0.05) is 0 Å². The van der Waals surface area contributed by atoms with Gasteiger partial charge in [-0.2, -0.15) is 4.98 Å². The molecule has 6 rings (SSSR count). The maximum atomic E-state index is 5.82. The highest BCUT2D eigenvalue weighted by Crippen LogP contribution is 2.41. The summed E-state index contributed by atoms with van der Waals surface area (Å²) in [5.41, 5.74) is 3.46. The zero-order valence-electron chi connectivity index (χ0n) is 22.5. The number of ether oxygens (including phenoxy) is 1. The third-order valence-electron chi connectivity index (χ3n) is 8.35. The molecular weight excluding hydrogens is 482 g/mol. The Hall–Kier alpha value is -2.62. The van der Waals surface area contributed by atoms with Crippen molar-refractivity contribution in [3.8, 4) is 5.75 Å². The molecular formula is C28H39N7OS. The first-order chi connectivity index (χ1) is 17.9. The van der Waals surface area contributed by atoms with Gasteiger partial charge in [0, 0.05) is 62.6 Å². The van der Waals surface area contributed by atoms with Gasteiger partial charge in [-0.3, -0.25) is 4.90 Å². The number of hydrogen-bond acceptors (Lipinski definition) is 9. The monoisotopic (exact) mass is 521 g/mol. The molecule has 198 valence electrons. The lowest BCUT2D eigenvalue weighted by Gasteiger charge is -2.42. The molecule has 2 saturated heterocycles. The summed E-state index contributed by atoms with van der Waals surface area (Å²) < 4.78 is 5.82. The normalized spacial score (nSPS) is 20.8. The van der Waals surface area contributed by atoms with Gasteiger partial charge >= 0.3 is 0 Å². The summed E-state index contributed by atoms with van der Waals surface area (Å²) in [4.78, 5) is 18.4. The van der Waals surface area contributed by atoms with E-state index in [4.69, 9.17) is 14.7 Å². The van der Waals surface area contributed by atoms with Crippen molar-refractivity contribution in [1.82, 2.24) is 19.8 Å². The van der Waals surface area contributed by atoms with E-state index in [-0.39, 0.29) is 5.54 Å². The van der Waals surface area contributed by atoms with Crippen LogP contribution in [0.5, 0.6) is 5.75 Å². The smallest absolute Gasteiger partial charge is 0.230 e. The Morgan fingerprint density at radius 2 is 1.81 bits per heavy atom. The largest absolute Gasteiger partial charge is 0.494 e. The molecule has 8 nitrogen and oxygen atoms in total. The van der Waals surface area contributed by atoms with Crippen LogP contribution >= 0.6 is 11.3 Å². The summed E-state index contributed by atoms with van der Waals surface area (Å²) >= 11 is 1.67. The van der Waals surface area contributed by atoms with Gasteiger partial charge in [-0.05, 0) is 69.7 Å². The molecule has 2 N–H and O–H groups in total. The number of likely N-dealkylation sites (N-methyl/N-ethyl adjacent to an activating group) is 1. The van der Waals surface area contributed by atoms with Crippen molar-refractivity contribution in [2.75, 3.05) is 69.0 Å². The lowest BCUT2D eigenvalue weighted by molar-refractivity contribution is 0.0982. The maximum Gasteiger partial charge on any atom is 0.230 e. The molecule has 0 unspecified atom stereocenters. The fourth-order valence-corrected chi connectivity index (χ4v) is 6.53. The molecule has 0 atom stereocenters. The van der Waals surface area contributed by atoms with Crippen LogP contribution in [0.2, 0.25) is 0 Å². The highest BCUT2D eigenvalue weighted by Gasteiger charge is 2.38. The molecule has 2 aromatic heterocycles. The minimum absolute atomic E-state index is 0.143. The summed E-state index contributed by atoms with van der Waals surface area (Å²) in [6.07, 6.45) is 4.78. The Labute approximate surface area is 224 Å². The second-order valence-electron chi connectivity index (χ2n) is 11.2. The quantitative estimate of drug-likeness (QED) is 0.454. The summed E-state index contributed by atoms with van der Waals surface area (Å²) in [5.74, 6) is 2.33. The lowest BCUT2D eigenvalue weighted by Crippen LogP contribution is -2.52. The van der Waals surface area contributed by atoms with E-state index >= 15 is 0 Å². The van der Waals surface area contributed by atoms with Gasteiger partial charge in [0.2, 0.25) is 5.95 Å². The second-order valence-corrected chi connectivity index (χ2v) is 12.1. The van der Waals surface area contributed by atoms with E-state index in [1.54, 1.807) is 18.4 Å². The van der Waals surface area contributed by atoms with Crippen molar-refractivity contribution >= 4 is 44.7 Å². The molecule has 0 amide bonds. The molecule has 4 heterocycles. The van der Waals surface area contributed by atoms with Crippen molar-refractivity contribution < 1.29 is 4.74 Å². The molecule has 3 aliphatic rings. The van der Waals surface area contributed by atoms with Gasteiger partial charge in [0.25, 0.3) is 0 Å². The van der Waals surface area contributed by atoms with Crippen LogP contribution in [0.3, 0.4) is 0 Å². The second kappa shape index (κ2) is 9.93. The van der Waals surface area contributed by atoms with Crippen LogP contribution in [0.1, 0.15) is 38.2 Å². The van der Waals surface area contributed by atoms with Crippen LogP contribution in [-0.4, -0.2) is 84.8 Å². The lowest BCUT2D eigenvalue weighted by atomic mass is 10.0. The van der Waals surface area contributed by atoms with Gasteiger partial charge < -0.3 is 25.2 Å². The van der Waals surface area contributed by atoms with Crippen molar-refractivity contribution in [3.63, 3.8) is 0 Å². The van der Waals surface area contributed by atoms with Crippen LogP contribution in [0.15, 0.2) is 23.6 Å². The van der Waals surface area contributed by atoms with E-state index in [1.165, 1.54) is 63.1 Å². The van der Waals surface area contributed by atoms with Gasteiger partial charge in [-0.25, -0.2) is 4.98 Å². The third kappa shape index (κ3) is 5.22. The zero-order valence-corrected chi connectivity index (χ0v) is 23.3. The number of aromatic nitrogens is 2. The van der Waals surface area contributed by atoms with Crippen LogP contribution in [-0.2, 0) is 0 Å². The number of rotatable bonds is 7. The molecule has 1 aliphatic carbocycles. The number of benzene rings is 1.